The van der Waals surface area contributed by atoms with Gasteiger partial charge in [-0.1, -0.05) is 11.6 Å². The predicted octanol–water partition coefficient (Wildman–Crippen LogP) is 2.72. The molecular weight excluding hydrogens is 361 g/mol. The number of ether oxygens (including phenoxy) is 1. The van der Waals surface area contributed by atoms with Crippen molar-refractivity contribution in [2.45, 2.75) is 31.8 Å². The fraction of sp³-hybridized carbons (Fsp3) is 0.611. The summed E-state index contributed by atoms with van der Waals surface area (Å²) in [5.41, 5.74) is 0.537. The third-order valence-electron chi connectivity index (χ3n) is 4.71. The summed E-state index contributed by atoms with van der Waals surface area (Å²) in [6.45, 7) is 5.59. The third kappa shape index (κ3) is 6.03. The van der Waals surface area contributed by atoms with E-state index < -0.39 is 0 Å². The van der Waals surface area contributed by atoms with E-state index in [2.05, 4.69) is 15.5 Å². The number of nitrogens with zero attached hydrogens (tertiary/aromatic N) is 1. The van der Waals surface area contributed by atoms with E-state index in [-0.39, 0.29) is 24.4 Å². The summed E-state index contributed by atoms with van der Waals surface area (Å²) in [5.74, 6) is 0.534. The fourth-order valence-corrected chi connectivity index (χ4v) is 3.50. The maximum Gasteiger partial charge on any atom is 0.255 e. The minimum absolute atomic E-state index is 0. The van der Waals surface area contributed by atoms with Crippen molar-refractivity contribution < 1.29 is 9.53 Å². The Kier molecular flexibility index (Phi) is 8.30. The summed E-state index contributed by atoms with van der Waals surface area (Å²) in [4.78, 5) is 14.9. The van der Waals surface area contributed by atoms with Gasteiger partial charge < -0.3 is 15.4 Å². The molecule has 1 amide bonds. The molecule has 2 aliphatic rings. The summed E-state index contributed by atoms with van der Waals surface area (Å²) < 4.78 is 6.04. The molecule has 1 aliphatic carbocycles. The van der Waals surface area contributed by atoms with Gasteiger partial charge in [-0.25, -0.2) is 0 Å². The highest BCUT2D eigenvalue weighted by Crippen LogP contribution is 2.28. The second-order valence-electron chi connectivity index (χ2n) is 6.51. The van der Waals surface area contributed by atoms with Crippen LogP contribution in [0, 0.1) is 0 Å². The van der Waals surface area contributed by atoms with Crippen LogP contribution in [0.3, 0.4) is 0 Å². The molecule has 0 aromatic heterocycles. The van der Waals surface area contributed by atoms with Crippen molar-refractivity contribution >= 4 is 29.9 Å². The molecular formula is C18H27Cl2N3O2. The lowest BCUT2D eigenvalue weighted by Gasteiger charge is -2.27. The van der Waals surface area contributed by atoms with Crippen molar-refractivity contribution in [3.63, 3.8) is 0 Å². The SMILES string of the molecule is Cl.O=C(NCCN1CCNCC1)c1cc(Cl)ccc1OC1CCCC1. The molecule has 1 aromatic rings. The van der Waals surface area contributed by atoms with Crippen LogP contribution in [-0.4, -0.2) is 56.2 Å². The lowest BCUT2D eigenvalue weighted by atomic mass is 10.1. The van der Waals surface area contributed by atoms with Gasteiger partial charge >= 0.3 is 0 Å². The first kappa shape index (κ1) is 20.3. The van der Waals surface area contributed by atoms with Gasteiger partial charge in [-0.15, -0.1) is 12.4 Å². The maximum absolute atomic E-state index is 12.6. The lowest BCUT2D eigenvalue weighted by Crippen LogP contribution is -2.46. The number of hydrogen-bond acceptors (Lipinski definition) is 4. The van der Waals surface area contributed by atoms with Crippen molar-refractivity contribution in [1.82, 2.24) is 15.5 Å². The molecule has 0 spiro atoms. The van der Waals surface area contributed by atoms with E-state index in [1.165, 1.54) is 12.8 Å². The lowest BCUT2D eigenvalue weighted by molar-refractivity contribution is 0.0940. The maximum atomic E-state index is 12.6. The van der Waals surface area contributed by atoms with Crippen LogP contribution in [0.2, 0.25) is 5.02 Å². The molecule has 0 atom stereocenters. The molecule has 0 bridgehead atoms. The van der Waals surface area contributed by atoms with Crippen LogP contribution in [0.1, 0.15) is 36.0 Å². The molecule has 1 saturated carbocycles. The Morgan fingerprint density at radius 2 is 2.00 bits per heavy atom. The molecule has 7 heteroatoms. The minimum atomic E-state index is -0.111. The van der Waals surface area contributed by atoms with Gasteiger partial charge in [-0.3, -0.25) is 9.69 Å². The van der Waals surface area contributed by atoms with E-state index in [1.807, 2.05) is 6.07 Å². The van der Waals surface area contributed by atoms with Crippen LogP contribution in [-0.2, 0) is 0 Å². The highest BCUT2D eigenvalue weighted by molar-refractivity contribution is 6.31. The van der Waals surface area contributed by atoms with Crippen LogP contribution in [0.25, 0.3) is 0 Å². The van der Waals surface area contributed by atoms with E-state index in [0.717, 1.165) is 45.6 Å². The average Bonchev–Trinajstić information content (AvgIpc) is 3.10. The van der Waals surface area contributed by atoms with Crippen LogP contribution in [0.15, 0.2) is 18.2 Å². The first-order valence-electron chi connectivity index (χ1n) is 8.90. The van der Waals surface area contributed by atoms with Gasteiger partial charge in [0.15, 0.2) is 0 Å². The largest absolute Gasteiger partial charge is 0.490 e. The number of carbonyl (C=O) groups is 1. The van der Waals surface area contributed by atoms with Crippen LogP contribution in [0.4, 0.5) is 0 Å². The number of hydrogen-bond donors (Lipinski definition) is 2. The number of halogens is 2. The van der Waals surface area contributed by atoms with Crippen molar-refractivity contribution in [2.24, 2.45) is 0 Å². The standard InChI is InChI=1S/C18H26ClN3O2.ClH/c19-14-5-6-17(24-15-3-1-2-4-15)16(13-14)18(23)21-9-12-22-10-7-20-8-11-22;/h5-6,13,15,20H,1-4,7-12H2,(H,21,23);1H. The Morgan fingerprint density at radius 3 is 2.72 bits per heavy atom. The summed E-state index contributed by atoms with van der Waals surface area (Å²) in [5, 5.41) is 6.88. The van der Waals surface area contributed by atoms with Gasteiger partial charge in [0.1, 0.15) is 5.75 Å². The summed E-state index contributed by atoms with van der Waals surface area (Å²) >= 11 is 6.08. The van der Waals surface area contributed by atoms with E-state index in [0.29, 0.717) is 22.9 Å². The molecule has 0 radical (unpaired) electrons. The van der Waals surface area contributed by atoms with Gasteiger partial charge in [0, 0.05) is 44.3 Å². The second-order valence-corrected chi connectivity index (χ2v) is 6.95. The Balaban J connectivity index is 0.00000225. The zero-order chi connectivity index (χ0) is 16.8. The highest BCUT2D eigenvalue weighted by Gasteiger charge is 2.20. The first-order valence-corrected chi connectivity index (χ1v) is 9.27. The van der Waals surface area contributed by atoms with Crippen molar-refractivity contribution in [3.05, 3.63) is 28.8 Å². The Morgan fingerprint density at radius 1 is 1.28 bits per heavy atom. The Hall–Kier alpha value is -1.01. The van der Waals surface area contributed by atoms with Gasteiger partial charge in [0.2, 0.25) is 0 Å². The van der Waals surface area contributed by atoms with Crippen molar-refractivity contribution in [3.8, 4) is 5.75 Å². The summed E-state index contributed by atoms with van der Waals surface area (Å²) in [6.07, 6.45) is 4.74. The second kappa shape index (κ2) is 10.2. The number of nitrogens with one attached hydrogen (secondary N) is 2. The number of carbonyl (C=O) groups excluding carboxylic acids is 1. The van der Waals surface area contributed by atoms with E-state index in [9.17, 15) is 4.79 Å². The first-order chi connectivity index (χ1) is 11.7. The quantitative estimate of drug-likeness (QED) is 0.787. The number of rotatable bonds is 6. The zero-order valence-electron chi connectivity index (χ0n) is 14.4. The highest BCUT2D eigenvalue weighted by atomic mass is 35.5. The molecule has 3 rings (SSSR count). The van der Waals surface area contributed by atoms with Gasteiger partial charge in [-0.05, 0) is 43.9 Å². The molecule has 140 valence electrons. The number of amides is 1. The molecule has 2 N–H and O–H groups in total. The molecule has 5 nitrogen and oxygen atoms in total. The van der Waals surface area contributed by atoms with Gasteiger partial charge in [-0.2, -0.15) is 0 Å². The number of benzene rings is 1. The topological polar surface area (TPSA) is 53.6 Å². The molecule has 1 aliphatic heterocycles. The average molecular weight is 388 g/mol. The van der Waals surface area contributed by atoms with Gasteiger partial charge in [0.05, 0.1) is 11.7 Å². The Bertz CT molecular complexity index is 559. The zero-order valence-corrected chi connectivity index (χ0v) is 16.0. The molecule has 2 fully saturated rings. The predicted molar refractivity (Wildman–Crippen MR) is 103 cm³/mol. The molecule has 1 saturated heterocycles. The minimum Gasteiger partial charge on any atom is -0.490 e. The monoisotopic (exact) mass is 387 g/mol. The van der Waals surface area contributed by atoms with Gasteiger partial charge in [0.25, 0.3) is 5.91 Å². The van der Waals surface area contributed by atoms with Crippen LogP contribution < -0.4 is 15.4 Å². The van der Waals surface area contributed by atoms with E-state index >= 15 is 0 Å². The number of piperazine rings is 1. The van der Waals surface area contributed by atoms with Crippen molar-refractivity contribution in [2.75, 3.05) is 39.3 Å². The van der Waals surface area contributed by atoms with Crippen molar-refractivity contribution in [1.29, 1.82) is 0 Å². The molecule has 25 heavy (non-hydrogen) atoms. The van der Waals surface area contributed by atoms with Crippen LogP contribution >= 0.6 is 24.0 Å². The smallest absolute Gasteiger partial charge is 0.255 e. The molecule has 1 aromatic carbocycles. The fourth-order valence-electron chi connectivity index (χ4n) is 3.33. The molecule has 1 heterocycles. The summed E-state index contributed by atoms with van der Waals surface area (Å²) in [7, 11) is 0. The third-order valence-corrected chi connectivity index (χ3v) is 4.94. The van der Waals surface area contributed by atoms with Crippen LogP contribution in [0.5, 0.6) is 5.75 Å². The summed E-state index contributed by atoms with van der Waals surface area (Å²) in [6, 6.07) is 5.29. The van der Waals surface area contributed by atoms with E-state index in [4.69, 9.17) is 16.3 Å². The molecule has 0 unspecified atom stereocenters. The Labute approximate surface area is 160 Å². The van der Waals surface area contributed by atoms with E-state index in [1.54, 1.807) is 12.1 Å². The normalized spacial score (nSPS) is 18.6.